The van der Waals surface area contributed by atoms with Crippen LogP contribution < -0.4 is 5.32 Å². The Balaban J connectivity index is 1.87. The maximum atomic E-state index is 5.51. The Hall–Kier alpha value is -0.860. The number of fused-ring (bicyclic) bond motifs is 1. The molecule has 0 amide bonds. The Kier molecular flexibility index (Phi) is 3.40. The van der Waals surface area contributed by atoms with E-state index in [1.54, 1.807) is 0 Å². The summed E-state index contributed by atoms with van der Waals surface area (Å²) in [4.78, 5) is 0. The second kappa shape index (κ2) is 5.02. The number of ether oxygens (including phenoxy) is 1. The molecule has 0 aromatic heterocycles. The summed E-state index contributed by atoms with van der Waals surface area (Å²) in [6.07, 6.45) is 4.13. The predicted molar refractivity (Wildman–Crippen MR) is 73.2 cm³/mol. The van der Waals surface area contributed by atoms with Gasteiger partial charge in [-0.3, -0.25) is 0 Å². The molecule has 1 aromatic rings. The normalized spacial score (nSPS) is 28.3. The van der Waals surface area contributed by atoms with Crippen LogP contribution in [0.5, 0.6) is 0 Å². The van der Waals surface area contributed by atoms with Crippen molar-refractivity contribution in [3.63, 3.8) is 0 Å². The molecule has 1 aliphatic carbocycles. The second-order valence-corrected chi connectivity index (χ2v) is 5.86. The molecule has 1 aliphatic heterocycles. The molecular formula is C16H23NO. The molecule has 2 aliphatic rings. The van der Waals surface area contributed by atoms with E-state index < -0.39 is 0 Å². The zero-order chi connectivity index (χ0) is 12.5. The van der Waals surface area contributed by atoms with Gasteiger partial charge in [-0.2, -0.15) is 0 Å². The van der Waals surface area contributed by atoms with Gasteiger partial charge in [-0.15, -0.1) is 0 Å². The van der Waals surface area contributed by atoms with Gasteiger partial charge >= 0.3 is 0 Å². The Labute approximate surface area is 110 Å². The smallest absolute Gasteiger partial charge is 0.0725 e. The van der Waals surface area contributed by atoms with E-state index in [0.717, 1.165) is 25.0 Å². The van der Waals surface area contributed by atoms with Crippen LogP contribution in [0.25, 0.3) is 0 Å². The van der Waals surface area contributed by atoms with Crippen molar-refractivity contribution in [2.75, 3.05) is 7.05 Å². The van der Waals surface area contributed by atoms with Crippen molar-refractivity contribution < 1.29 is 4.74 Å². The van der Waals surface area contributed by atoms with Crippen molar-refractivity contribution in [2.45, 2.75) is 45.4 Å². The van der Waals surface area contributed by atoms with Gasteiger partial charge in [0.15, 0.2) is 0 Å². The summed E-state index contributed by atoms with van der Waals surface area (Å²) in [6, 6.07) is 7.41. The number of nitrogens with one attached hydrogen (secondary N) is 1. The van der Waals surface area contributed by atoms with Crippen molar-refractivity contribution in [2.24, 2.45) is 11.8 Å². The van der Waals surface area contributed by atoms with Crippen LogP contribution in [0.1, 0.15) is 48.9 Å². The Morgan fingerprint density at radius 1 is 1.22 bits per heavy atom. The van der Waals surface area contributed by atoms with Crippen molar-refractivity contribution in [3.8, 4) is 0 Å². The third-order valence-corrected chi connectivity index (χ3v) is 4.77. The predicted octanol–water partition coefficient (Wildman–Crippen LogP) is 3.41. The van der Waals surface area contributed by atoms with Gasteiger partial charge in [0.25, 0.3) is 0 Å². The molecule has 0 spiro atoms. The first-order valence-electron chi connectivity index (χ1n) is 7.16. The zero-order valence-electron chi connectivity index (χ0n) is 11.4. The molecule has 1 aromatic carbocycles. The molecule has 1 heterocycles. The van der Waals surface area contributed by atoms with Crippen LogP contribution in [0.15, 0.2) is 18.2 Å². The number of benzene rings is 1. The Morgan fingerprint density at radius 3 is 2.78 bits per heavy atom. The van der Waals surface area contributed by atoms with Crippen LogP contribution in [0.4, 0.5) is 0 Å². The molecule has 2 nitrogen and oxygen atoms in total. The van der Waals surface area contributed by atoms with Crippen LogP contribution in [-0.2, 0) is 18.0 Å². The summed E-state index contributed by atoms with van der Waals surface area (Å²) >= 11 is 0. The van der Waals surface area contributed by atoms with Gasteiger partial charge in [-0.1, -0.05) is 38.0 Å². The van der Waals surface area contributed by atoms with Crippen LogP contribution in [0.2, 0.25) is 0 Å². The molecule has 18 heavy (non-hydrogen) atoms. The lowest BCUT2D eigenvalue weighted by Crippen LogP contribution is -2.27. The third kappa shape index (κ3) is 2.08. The molecule has 98 valence electrons. The minimum Gasteiger partial charge on any atom is -0.372 e. The maximum Gasteiger partial charge on any atom is 0.0725 e. The second-order valence-electron chi connectivity index (χ2n) is 5.86. The molecule has 3 rings (SSSR count). The van der Waals surface area contributed by atoms with E-state index in [2.05, 4.69) is 37.5 Å². The number of hydrogen-bond donors (Lipinski definition) is 1. The van der Waals surface area contributed by atoms with Gasteiger partial charge in [0.1, 0.15) is 0 Å². The molecule has 0 radical (unpaired) electrons. The van der Waals surface area contributed by atoms with Crippen LogP contribution in [0, 0.1) is 11.8 Å². The fraction of sp³-hybridized carbons (Fsp3) is 0.625. The summed E-state index contributed by atoms with van der Waals surface area (Å²) in [5.74, 6) is 1.63. The quantitative estimate of drug-likeness (QED) is 0.881. The first-order chi connectivity index (χ1) is 8.79. The fourth-order valence-electron chi connectivity index (χ4n) is 3.68. The molecular weight excluding hydrogens is 222 g/mol. The summed E-state index contributed by atoms with van der Waals surface area (Å²) in [6.45, 7) is 3.98. The van der Waals surface area contributed by atoms with E-state index in [-0.39, 0.29) is 0 Å². The molecule has 1 fully saturated rings. The standard InChI is InChI=1S/C16H23NO/c1-11-4-3-5-15(11)16(17-2)12-6-7-13-9-18-10-14(13)8-12/h6-8,11,15-17H,3-5,9-10H2,1-2H3. The maximum absolute atomic E-state index is 5.51. The highest BCUT2D eigenvalue weighted by molar-refractivity contribution is 5.35. The first kappa shape index (κ1) is 12.2. The average molecular weight is 245 g/mol. The Bertz CT molecular complexity index is 429. The van der Waals surface area contributed by atoms with Crippen molar-refractivity contribution in [1.82, 2.24) is 5.32 Å². The average Bonchev–Trinajstić information content (AvgIpc) is 2.99. The van der Waals surface area contributed by atoms with Gasteiger partial charge in [0.2, 0.25) is 0 Å². The first-order valence-corrected chi connectivity index (χ1v) is 7.16. The van der Waals surface area contributed by atoms with Gasteiger partial charge in [-0.25, -0.2) is 0 Å². The van der Waals surface area contributed by atoms with E-state index >= 15 is 0 Å². The summed E-state index contributed by atoms with van der Waals surface area (Å²) in [7, 11) is 2.10. The lowest BCUT2D eigenvalue weighted by atomic mass is 9.85. The third-order valence-electron chi connectivity index (χ3n) is 4.77. The van der Waals surface area contributed by atoms with Gasteiger partial charge in [-0.05, 0) is 42.0 Å². The fourth-order valence-corrected chi connectivity index (χ4v) is 3.68. The van der Waals surface area contributed by atoms with Crippen molar-refractivity contribution in [3.05, 3.63) is 34.9 Å². The highest BCUT2D eigenvalue weighted by Crippen LogP contribution is 2.40. The Morgan fingerprint density at radius 2 is 2.06 bits per heavy atom. The topological polar surface area (TPSA) is 21.3 Å². The van der Waals surface area contributed by atoms with Crippen molar-refractivity contribution >= 4 is 0 Å². The van der Waals surface area contributed by atoms with E-state index in [0.29, 0.717) is 6.04 Å². The number of hydrogen-bond acceptors (Lipinski definition) is 2. The molecule has 3 atom stereocenters. The molecule has 2 heteroatoms. The molecule has 0 bridgehead atoms. The van der Waals surface area contributed by atoms with Gasteiger partial charge in [0.05, 0.1) is 13.2 Å². The van der Waals surface area contributed by atoms with E-state index in [1.807, 2.05) is 0 Å². The van der Waals surface area contributed by atoms with Crippen LogP contribution in [0.3, 0.4) is 0 Å². The lowest BCUT2D eigenvalue weighted by Gasteiger charge is -2.27. The molecule has 1 saturated carbocycles. The summed E-state index contributed by atoms with van der Waals surface area (Å²) in [5, 5.41) is 3.54. The van der Waals surface area contributed by atoms with Gasteiger partial charge < -0.3 is 10.1 Å². The highest BCUT2D eigenvalue weighted by atomic mass is 16.5. The monoisotopic (exact) mass is 245 g/mol. The van der Waals surface area contributed by atoms with Gasteiger partial charge in [0, 0.05) is 6.04 Å². The van der Waals surface area contributed by atoms with E-state index in [1.165, 1.54) is 36.0 Å². The summed E-state index contributed by atoms with van der Waals surface area (Å²) in [5.41, 5.74) is 4.20. The van der Waals surface area contributed by atoms with E-state index in [9.17, 15) is 0 Å². The minimum absolute atomic E-state index is 0.508. The highest BCUT2D eigenvalue weighted by Gasteiger charge is 2.31. The molecule has 3 unspecified atom stereocenters. The van der Waals surface area contributed by atoms with E-state index in [4.69, 9.17) is 4.74 Å². The largest absolute Gasteiger partial charge is 0.372 e. The zero-order valence-corrected chi connectivity index (χ0v) is 11.4. The van der Waals surface area contributed by atoms with Crippen LogP contribution >= 0.6 is 0 Å². The lowest BCUT2D eigenvalue weighted by molar-refractivity contribution is 0.134. The molecule has 1 N–H and O–H groups in total. The van der Waals surface area contributed by atoms with Crippen LogP contribution in [-0.4, -0.2) is 7.05 Å². The molecule has 0 saturated heterocycles. The minimum atomic E-state index is 0.508. The summed E-state index contributed by atoms with van der Waals surface area (Å²) < 4.78 is 5.51. The number of rotatable bonds is 3. The van der Waals surface area contributed by atoms with Crippen molar-refractivity contribution in [1.29, 1.82) is 0 Å². The SMILES string of the molecule is CNC(c1ccc2c(c1)COC2)C1CCCC1C.